The van der Waals surface area contributed by atoms with E-state index in [1.165, 1.54) is 0 Å². The molecule has 0 radical (unpaired) electrons. The number of para-hydroxylation sites is 1. The van der Waals surface area contributed by atoms with Crippen LogP contribution in [0.2, 0.25) is 10.0 Å². The van der Waals surface area contributed by atoms with Gasteiger partial charge in [-0.15, -0.1) is 0 Å². The Morgan fingerprint density at radius 1 is 1.14 bits per heavy atom. The van der Waals surface area contributed by atoms with Crippen LogP contribution in [0.5, 0.6) is 0 Å². The number of carbonyl (C=O) groups excluding carboxylic acids is 1. The summed E-state index contributed by atoms with van der Waals surface area (Å²) in [4.78, 5) is 13.7. The van der Waals surface area contributed by atoms with E-state index in [1.807, 2.05) is 19.1 Å². The zero-order valence-electron chi connectivity index (χ0n) is 11.2. The fraction of sp³-hybridized carbons (Fsp3) is 0.133. The summed E-state index contributed by atoms with van der Waals surface area (Å²) in [6.45, 7) is 1.85. The van der Waals surface area contributed by atoms with E-state index in [9.17, 15) is 10.0 Å². The first-order valence-corrected chi connectivity index (χ1v) is 7.08. The van der Waals surface area contributed by atoms with Gasteiger partial charge in [0.25, 0.3) is 5.91 Å². The van der Waals surface area contributed by atoms with Crippen LogP contribution in [-0.2, 0) is 0 Å². The fourth-order valence-electron chi connectivity index (χ4n) is 2.38. The van der Waals surface area contributed by atoms with Gasteiger partial charge < -0.3 is 4.90 Å². The lowest BCUT2D eigenvalue weighted by Crippen LogP contribution is -2.42. The second kappa shape index (κ2) is 5.22. The number of aryl methyl sites for hydroxylation is 1. The van der Waals surface area contributed by atoms with Gasteiger partial charge in [0.2, 0.25) is 0 Å². The number of carbonyl (C=O) groups is 1. The van der Waals surface area contributed by atoms with Crippen molar-refractivity contribution in [1.82, 2.24) is 5.06 Å². The van der Waals surface area contributed by atoms with E-state index in [-0.39, 0.29) is 6.67 Å². The Morgan fingerprint density at radius 2 is 1.86 bits per heavy atom. The standard InChI is InChI=1S/C15H12Cl2N2O2/c1-9-6-7-11(16)14(13(9)17)18-8-19(21)15(20)10-4-2-3-5-12(10)18/h2-7,21H,8H2,1H3. The Morgan fingerprint density at radius 3 is 2.62 bits per heavy atom. The molecule has 6 heteroatoms. The molecular formula is C15H12Cl2N2O2. The van der Waals surface area contributed by atoms with Gasteiger partial charge >= 0.3 is 0 Å². The van der Waals surface area contributed by atoms with Crippen molar-refractivity contribution in [2.75, 3.05) is 11.6 Å². The SMILES string of the molecule is Cc1ccc(Cl)c(N2CN(O)C(=O)c3ccccc32)c1Cl. The van der Waals surface area contributed by atoms with E-state index >= 15 is 0 Å². The third-order valence-corrected chi connectivity index (χ3v) is 4.25. The van der Waals surface area contributed by atoms with Gasteiger partial charge in [0, 0.05) is 0 Å². The van der Waals surface area contributed by atoms with Crippen LogP contribution in [0.3, 0.4) is 0 Å². The minimum Gasteiger partial charge on any atom is -0.317 e. The quantitative estimate of drug-likeness (QED) is 0.798. The van der Waals surface area contributed by atoms with Crippen LogP contribution in [0.25, 0.3) is 0 Å². The number of amides is 1. The second-order valence-electron chi connectivity index (χ2n) is 4.82. The molecular weight excluding hydrogens is 311 g/mol. The minimum absolute atomic E-state index is 0.0290. The van der Waals surface area contributed by atoms with Crippen LogP contribution < -0.4 is 4.90 Å². The highest BCUT2D eigenvalue weighted by Crippen LogP contribution is 2.42. The highest BCUT2D eigenvalue weighted by molar-refractivity contribution is 6.40. The molecule has 0 aliphatic carbocycles. The van der Waals surface area contributed by atoms with E-state index in [0.29, 0.717) is 32.0 Å². The molecule has 0 saturated carbocycles. The summed E-state index contributed by atoms with van der Waals surface area (Å²) in [6.07, 6.45) is 0. The Balaban J connectivity index is 2.23. The van der Waals surface area contributed by atoms with Crippen molar-refractivity contribution < 1.29 is 10.0 Å². The van der Waals surface area contributed by atoms with E-state index in [4.69, 9.17) is 23.2 Å². The summed E-state index contributed by atoms with van der Waals surface area (Å²) in [5.74, 6) is -0.443. The molecule has 2 aromatic rings. The summed E-state index contributed by atoms with van der Waals surface area (Å²) in [7, 11) is 0. The van der Waals surface area contributed by atoms with E-state index in [0.717, 1.165) is 5.56 Å². The Labute approximate surface area is 132 Å². The third-order valence-electron chi connectivity index (χ3n) is 3.46. The minimum atomic E-state index is -0.443. The molecule has 0 spiro atoms. The van der Waals surface area contributed by atoms with E-state index in [2.05, 4.69) is 0 Å². The molecule has 1 amide bonds. The monoisotopic (exact) mass is 322 g/mol. The van der Waals surface area contributed by atoms with Gasteiger partial charge in [0.1, 0.15) is 6.67 Å². The first kappa shape index (κ1) is 14.2. The molecule has 108 valence electrons. The maximum atomic E-state index is 12.0. The van der Waals surface area contributed by atoms with Crippen molar-refractivity contribution in [1.29, 1.82) is 0 Å². The number of hydrogen-bond acceptors (Lipinski definition) is 3. The molecule has 1 heterocycles. The zero-order valence-corrected chi connectivity index (χ0v) is 12.7. The molecule has 1 aliphatic heterocycles. The number of anilines is 2. The van der Waals surface area contributed by atoms with Gasteiger partial charge in [-0.3, -0.25) is 10.0 Å². The number of hydroxylamine groups is 2. The van der Waals surface area contributed by atoms with Crippen molar-refractivity contribution in [2.24, 2.45) is 0 Å². The van der Waals surface area contributed by atoms with Crippen LogP contribution in [0.1, 0.15) is 15.9 Å². The van der Waals surface area contributed by atoms with Crippen LogP contribution >= 0.6 is 23.2 Å². The largest absolute Gasteiger partial charge is 0.317 e. The normalized spacial score (nSPS) is 14.4. The number of halogens is 2. The Kier molecular flexibility index (Phi) is 3.53. The van der Waals surface area contributed by atoms with Gasteiger partial charge in [0.05, 0.1) is 27.0 Å². The van der Waals surface area contributed by atoms with Gasteiger partial charge in [-0.2, -0.15) is 5.06 Å². The number of nitrogens with zero attached hydrogens (tertiary/aromatic N) is 2. The molecule has 0 bridgehead atoms. The average Bonchev–Trinajstić information content (AvgIpc) is 2.48. The second-order valence-corrected chi connectivity index (χ2v) is 5.60. The maximum Gasteiger partial charge on any atom is 0.281 e. The molecule has 0 saturated heterocycles. The van der Waals surface area contributed by atoms with Gasteiger partial charge in [-0.05, 0) is 30.7 Å². The molecule has 1 aliphatic rings. The first-order valence-electron chi connectivity index (χ1n) is 6.32. The average molecular weight is 323 g/mol. The number of rotatable bonds is 1. The van der Waals surface area contributed by atoms with Crippen LogP contribution in [-0.4, -0.2) is 22.8 Å². The molecule has 3 rings (SSSR count). The van der Waals surface area contributed by atoms with Crippen LogP contribution in [0.4, 0.5) is 11.4 Å². The molecule has 0 unspecified atom stereocenters. The lowest BCUT2D eigenvalue weighted by molar-refractivity contribution is -0.0583. The highest BCUT2D eigenvalue weighted by Gasteiger charge is 2.31. The predicted molar refractivity (Wildman–Crippen MR) is 82.6 cm³/mol. The van der Waals surface area contributed by atoms with Gasteiger partial charge in [-0.25, -0.2) is 0 Å². The van der Waals surface area contributed by atoms with Gasteiger partial charge in [0.15, 0.2) is 0 Å². The van der Waals surface area contributed by atoms with Crippen LogP contribution in [0.15, 0.2) is 36.4 Å². The summed E-state index contributed by atoms with van der Waals surface area (Å²) in [5.41, 5.74) is 2.52. The van der Waals surface area contributed by atoms with Crippen LogP contribution in [0, 0.1) is 6.92 Å². The predicted octanol–water partition coefficient (Wildman–Crippen LogP) is 4.24. The molecule has 4 nitrogen and oxygen atoms in total. The van der Waals surface area contributed by atoms with Crippen molar-refractivity contribution in [3.63, 3.8) is 0 Å². The van der Waals surface area contributed by atoms with Crippen molar-refractivity contribution in [2.45, 2.75) is 6.92 Å². The maximum absolute atomic E-state index is 12.0. The molecule has 21 heavy (non-hydrogen) atoms. The molecule has 0 aromatic heterocycles. The summed E-state index contributed by atoms with van der Waals surface area (Å²) in [5, 5.41) is 11.5. The van der Waals surface area contributed by atoms with Gasteiger partial charge in [-0.1, -0.05) is 41.4 Å². The Hall–Kier alpha value is -1.75. The number of fused-ring (bicyclic) bond motifs is 1. The third kappa shape index (κ3) is 2.25. The first-order chi connectivity index (χ1) is 10.0. The summed E-state index contributed by atoms with van der Waals surface area (Å²) in [6, 6.07) is 10.6. The lowest BCUT2D eigenvalue weighted by atomic mass is 10.1. The molecule has 2 aromatic carbocycles. The summed E-state index contributed by atoms with van der Waals surface area (Å²) >= 11 is 12.6. The number of benzene rings is 2. The van der Waals surface area contributed by atoms with E-state index in [1.54, 1.807) is 29.2 Å². The molecule has 1 N–H and O–H groups in total. The molecule has 0 fully saturated rings. The zero-order chi connectivity index (χ0) is 15.1. The highest BCUT2D eigenvalue weighted by atomic mass is 35.5. The fourth-order valence-corrected chi connectivity index (χ4v) is 2.96. The topological polar surface area (TPSA) is 43.8 Å². The van der Waals surface area contributed by atoms with E-state index < -0.39 is 5.91 Å². The smallest absolute Gasteiger partial charge is 0.281 e. The van der Waals surface area contributed by atoms with Crippen molar-refractivity contribution in [3.8, 4) is 0 Å². The van der Waals surface area contributed by atoms with Crippen molar-refractivity contribution >= 4 is 40.5 Å². The molecule has 0 atom stereocenters. The van der Waals surface area contributed by atoms with Crippen molar-refractivity contribution in [3.05, 3.63) is 57.6 Å². The Bertz CT molecular complexity index is 734. The number of hydrogen-bond donors (Lipinski definition) is 1. The summed E-state index contributed by atoms with van der Waals surface area (Å²) < 4.78 is 0. The lowest BCUT2D eigenvalue weighted by Gasteiger charge is -2.35.